The summed E-state index contributed by atoms with van der Waals surface area (Å²) in [5, 5.41) is 0.605. The van der Waals surface area contributed by atoms with Gasteiger partial charge in [0, 0.05) is 9.14 Å². The first-order valence-electron chi connectivity index (χ1n) is 3.98. The minimum atomic E-state index is 0.605. The lowest BCUT2D eigenvalue weighted by Crippen LogP contribution is -1.96. The summed E-state index contributed by atoms with van der Waals surface area (Å²) >= 11 is 8.34. The molecule has 0 N–H and O–H groups in total. The highest BCUT2D eigenvalue weighted by Gasteiger charge is 2.22. The van der Waals surface area contributed by atoms with Crippen molar-refractivity contribution in [2.24, 2.45) is 0 Å². The molecule has 0 radical (unpaired) electrons. The monoisotopic (exact) mass is 306 g/mol. The van der Waals surface area contributed by atoms with Crippen LogP contribution in [0, 0.1) is 6.92 Å². The van der Waals surface area contributed by atoms with Crippen LogP contribution in [0.5, 0.6) is 0 Å². The van der Waals surface area contributed by atoms with E-state index in [-0.39, 0.29) is 0 Å². The van der Waals surface area contributed by atoms with E-state index in [1.807, 2.05) is 6.92 Å². The third-order valence-electron chi connectivity index (χ3n) is 2.09. The molecule has 1 aromatic rings. The molecule has 0 aromatic carbocycles. The number of allylic oxidation sites excluding steroid dienone is 1. The standard InChI is InChI=1S/C9H8ClIN2/c1-4-3-6-8(7(4)11)12-5(2)13-9(6)10/h3H2,1-2H3. The largest absolute Gasteiger partial charge is 0.232 e. The quantitative estimate of drug-likeness (QED) is 0.543. The Labute approximate surface area is 95.6 Å². The van der Waals surface area contributed by atoms with Crippen LogP contribution in [-0.2, 0) is 6.42 Å². The van der Waals surface area contributed by atoms with Crippen LogP contribution in [0.1, 0.15) is 24.0 Å². The highest BCUT2D eigenvalue weighted by Crippen LogP contribution is 2.38. The van der Waals surface area contributed by atoms with Crippen molar-refractivity contribution in [3.8, 4) is 0 Å². The number of hydrogen-bond donors (Lipinski definition) is 0. The Morgan fingerprint density at radius 1 is 1.31 bits per heavy atom. The second kappa shape index (κ2) is 3.20. The van der Waals surface area contributed by atoms with Crippen LogP contribution < -0.4 is 0 Å². The number of aromatic nitrogens is 2. The SMILES string of the molecule is CC1=C(I)c2nc(C)nc(Cl)c2C1. The van der Waals surface area contributed by atoms with Crippen LogP contribution in [0.4, 0.5) is 0 Å². The third-order valence-corrected chi connectivity index (χ3v) is 3.84. The van der Waals surface area contributed by atoms with Gasteiger partial charge in [0.1, 0.15) is 11.0 Å². The predicted molar refractivity (Wildman–Crippen MR) is 62.1 cm³/mol. The molecule has 4 heteroatoms. The fourth-order valence-electron chi connectivity index (χ4n) is 1.44. The van der Waals surface area contributed by atoms with E-state index in [4.69, 9.17) is 11.6 Å². The molecule has 1 aliphatic carbocycles. The molecule has 0 spiro atoms. The molecule has 0 unspecified atom stereocenters. The van der Waals surface area contributed by atoms with Gasteiger partial charge in [-0.15, -0.1) is 0 Å². The Balaban J connectivity index is 2.67. The van der Waals surface area contributed by atoms with E-state index >= 15 is 0 Å². The van der Waals surface area contributed by atoms with E-state index in [9.17, 15) is 0 Å². The summed E-state index contributed by atoms with van der Waals surface area (Å²) in [7, 11) is 0. The van der Waals surface area contributed by atoms with Crippen molar-refractivity contribution < 1.29 is 0 Å². The lowest BCUT2D eigenvalue weighted by Gasteiger charge is -2.02. The van der Waals surface area contributed by atoms with E-state index in [0.29, 0.717) is 5.15 Å². The normalized spacial score (nSPS) is 15.1. The van der Waals surface area contributed by atoms with E-state index in [0.717, 1.165) is 23.5 Å². The number of aryl methyl sites for hydroxylation is 1. The molecule has 0 bridgehead atoms. The maximum Gasteiger partial charge on any atom is 0.136 e. The van der Waals surface area contributed by atoms with E-state index in [1.165, 1.54) is 9.15 Å². The van der Waals surface area contributed by atoms with Crippen molar-refractivity contribution >= 4 is 37.8 Å². The molecular weight excluding hydrogens is 298 g/mol. The van der Waals surface area contributed by atoms with Crippen molar-refractivity contribution in [1.82, 2.24) is 9.97 Å². The van der Waals surface area contributed by atoms with Crippen molar-refractivity contribution in [2.45, 2.75) is 20.3 Å². The van der Waals surface area contributed by atoms with Crippen LogP contribution in [0.25, 0.3) is 3.58 Å². The highest BCUT2D eigenvalue weighted by atomic mass is 127. The first-order valence-corrected chi connectivity index (χ1v) is 5.44. The van der Waals surface area contributed by atoms with Crippen molar-refractivity contribution in [3.05, 3.63) is 27.8 Å². The molecule has 0 saturated heterocycles. The number of fused-ring (bicyclic) bond motifs is 1. The zero-order valence-corrected chi connectivity index (χ0v) is 10.3. The van der Waals surface area contributed by atoms with Gasteiger partial charge >= 0.3 is 0 Å². The zero-order valence-electron chi connectivity index (χ0n) is 7.36. The second-order valence-corrected chi connectivity index (χ2v) is 4.60. The van der Waals surface area contributed by atoms with Gasteiger partial charge in [0.2, 0.25) is 0 Å². The van der Waals surface area contributed by atoms with Gasteiger partial charge in [-0.1, -0.05) is 17.2 Å². The lowest BCUT2D eigenvalue weighted by atomic mass is 10.2. The summed E-state index contributed by atoms with van der Waals surface area (Å²) in [5.74, 6) is 0.743. The molecule has 0 saturated carbocycles. The Hall–Kier alpha value is -0.160. The van der Waals surface area contributed by atoms with Gasteiger partial charge in [0.15, 0.2) is 0 Å². The molecular formula is C9H8ClIN2. The zero-order chi connectivity index (χ0) is 9.59. The summed E-state index contributed by atoms with van der Waals surface area (Å²) in [6.45, 7) is 3.97. The second-order valence-electron chi connectivity index (χ2n) is 3.16. The van der Waals surface area contributed by atoms with Gasteiger partial charge in [-0.25, -0.2) is 9.97 Å². The fourth-order valence-corrected chi connectivity index (χ4v) is 2.36. The van der Waals surface area contributed by atoms with Gasteiger partial charge in [-0.05, 0) is 42.9 Å². The van der Waals surface area contributed by atoms with Crippen LogP contribution in [0.15, 0.2) is 5.57 Å². The number of halogens is 2. The Kier molecular flexibility index (Phi) is 2.32. The average molecular weight is 307 g/mol. The van der Waals surface area contributed by atoms with Crippen LogP contribution in [0.3, 0.4) is 0 Å². The molecule has 0 amide bonds. The van der Waals surface area contributed by atoms with E-state index < -0.39 is 0 Å². The fraction of sp³-hybridized carbons (Fsp3) is 0.333. The van der Waals surface area contributed by atoms with Crippen molar-refractivity contribution in [2.75, 3.05) is 0 Å². The average Bonchev–Trinajstić information content (AvgIpc) is 2.32. The summed E-state index contributed by atoms with van der Waals surface area (Å²) < 4.78 is 1.22. The third kappa shape index (κ3) is 1.48. The first kappa shape index (κ1) is 9.40. The summed E-state index contributed by atoms with van der Waals surface area (Å²) in [4.78, 5) is 8.52. The van der Waals surface area contributed by atoms with Crippen LogP contribution >= 0.6 is 34.2 Å². The summed E-state index contributed by atoms with van der Waals surface area (Å²) in [5.41, 5.74) is 3.43. The minimum Gasteiger partial charge on any atom is -0.232 e. The first-order chi connectivity index (χ1) is 6.09. The van der Waals surface area contributed by atoms with E-state index in [2.05, 4.69) is 39.5 Å². The van der Waals surface area contributed by atoms with Crippen molar-refractivity contribution in [1.29, 1.82) is 0 Å². The number of nitrogens with zero attached hydrogens (tertiary/aromatic N) is 2. The van der Waals surface area contributed by atoms with Gasteiger partial charge in [0.05, 0.1) is 5.69 Å². The van der Waals surface area contributed by atoms with Crippen LogP contribution in [0.2, 0.25) is 5.15 Å². The molecule has 1 heterocycles. The highest BCUT2D eigenvalue weighted by molar-refractivity contribution is 14.1. The van der Waals surface area contributed by atoms with Gasteiger partial charge in [-0.3, -0.25) is 0 Å². The molecule has 2 nitrogen and oxygen atoms in total. The van der Waals surface area contributed by atoms with Gasteiger partial charge < -0.3 is 0 Å². The maximum atomic E-state index is 6.02. The molecule has 0 aliphatic heterocycles. The molecule has 13 heavy (non-hydrogen) atoms. The topological polar surface area (TPSA) is 25.8 Å². The van der Waals surface area contributed by atoms with Crippen LogP contribution in [-0.4, -0.2) is 9.97 Å². The number of rotatable bonds is 0. The van der Waals surface area contributed by atoms with Gasteiger partial charge in [0.25, 0.3) is 0 Å². The van der Waals surface area contributed by atoms with Crippen molar-refractivity contribution in [3.63, 3.8) is 0 Å². The summed E-state index contributed by atoms with van der Waals surface area (Å²) in [6.07, 6.45) is 0.896. The lowest BCUT2D eigenvalue weighted by molar-refractivity contribution is 1.01. The molecule has 0 fully saturated rings. The smallest absolute Gasteiger partial charge is 0.136 e. The number of hydrogen-bond acceptors (Lipinski definition) is 2. The van der Waals surface area contributed by atoms with Gasteiger partial charge in [-0.2, -0.15) is 0 Å². The molecule has 1 aromatic heterocycles. The predicted octanol–water partition coefficient (Wildman–Crippen LogP) is 3.16. The summed E-state index contributed by atoms with van der Waals surface area (Å²) in [6, 6.07) is 0. The Morgan fingerprint density at radius 3 is 2.69 bits per heavy atom. The Morgan fingerprint density at radius 2 is 2.00 bits per heavy atom. The molecule has 0 atom stereocenters. The molecule has 2 rings (SSSR count). The molecule has 1 aliphatic rings. The maximum absolute atomic E-state index is 6.02. The van der Waals surface area contributed by atoms with E-state index in [1.54, 1.807) is 0 Å². The Bertz CT molecular complexity index is 412. The minimum absolute atomic E-state index is 0.605. The molecule has 68 valence electrons.